The van der Waals surface area contributed by atoms with Crippen LogP contribution in [-0.2, 0) is 0 Å². The minimum Gasteiger partial charge on any atom is -0.356 e. The molecule has 1 aliphatic rings. The number of aliphatic imine (C=N–C) groups is 1. The molecule has 0 atom stereocenters. The molecule has 0 aliphatic carbocycles. The van der Waals surface area contributed by atoms with E-state index in [0.29, 0.717) is 12.1 Å². The molecule has 0 spiro atoms. The Morgan fingerprint density at radius 3 is 2.32 bits per heavy atom. The van der Waals surface area contributed by atoms with Gasteiger partial charge in [-0.3, -0.25) is 4.99 Å². The standard InChI is InChI=1S/C15H32N4/c1-12(2)6-9-17-15(16-5)18-14-7-10-19(11-8-14)13(3)4/h12-14H,6-11H2,1-5H3,(H2,16,17,18). The maximum Gasteiger partial charge on any atom is 0.191 e. The molecule has 0 bridgehead atoms. The Morgan fingerprint density at radius 2 is 1.84 bits per heavy atom. The van der Waals surface area contributed by atoms with Crippen LogP contribution in [-0.4, -0.2) is 49.6 Å². The Labute approximate surface area is 119 Å². The molecular weight excluding hydrogens is 236 g/mol. The van der Waals surface area contributed by atoms with Crippen molar-refractivity contribution in [3.05, 3.63) is 0 Å². The summed E-state index contributed by atoms with van der Waals surface area (Å²) < 4.78 is 0. The number of nitrogens with one attached hydrogen (secondary N) is 2. The zero-order valence-electron chi connectivity index (χ0n) is 13.4. The number of piperidine rings is 1. The Kier molecular flexibility index (Phi) is 7.21. The first-order valence-corrected chi connectivity index (χ1v) is 7.74. The van der Waals surface area contributed by atoms with Crippen molar-refractivity contribution in [3.63, 3.8) is 0 Å². The Bertz CT molecular complexity index is 265. The molecule has 4 nitrogen and oxygen atoms in total. The monoisotopic (exact) mass is 268 g/mol. The van der Waals surface area contributed by atoms with Gasteiger partial charge >= 0.3 is 0 Å². The highest BCUT2D eigenvalue weighted by atomic mass is 15.2. The average molecular weight is 268 g/mol. The normalized spacial score (nSPS) is 19.2. The molecule has 4 heteroatoms. The number of likely N-dealkylation sites (tertiary alicyclic amines) is 1. The zero-order chi connectivity index (χ0) is 14.3. The average Bonchev–Trinajstić information content (AvgIpc) is 2.37. The maximum absolute atomic E-state index is 4.31. The summed E-state index contributed by atoms with van der Waals surface area (Å²) in [6.07, 6.45) is 3.61. The van der Waals surface area contributed by atoms with Crippen molar-refractivity contribution in [2.45, 2.75) is 59.0 Å². The van der Waals surface area contributed by atoms with E-state index in [1.165, 1.54) is 32.4 Å². The molecule has 1 rings (SSSR count). The van der Waals surface area contributed by atoms with E-state index in [1.807, 2.05) is 7.05 Å². The topological polar surface area (TPSA) is 39.7 Å². The number of hydrogen-bond acceptors (Lipinski definition) is 2. The SMILES string of the molecule is CN=C(NCCC(C)C)NC1CCN(C(C)C)CC1. The van der Waals surface area contributed by atoms with Crippen molar-refractivity contribution < 1.29 is 0 Å². The highest BCUT2D eigenvalue weighted by Crippen LogP contribution is 2.12. The molecule has 112 valence electrons. The molecule has 2 N–H and O–H groups in total. The molecule has 1 saturated heterocycles. The fourth-order valence-corrected chi connectivity index (χ4v) is 2.43. The van der Waals surface area contributed by atoms with E-state index in [9.17, 15) is 0 Å². The van der Waals surface area contributed by atoms with Gasteiger partial charge in [-0.15, -0.1) is 0 Å². The predicted octanol–water partition coefficient (Wildman–Crippen LogP) is 2.07. The number of guanidine groups is 1. The largest absolute Gasteiger partial charge is 0.356 e. The minimum absolute atomic E-state index is 0.570. The van der Waals surface area contributed by atoms with E-state index in [-0.39, 0.29) is 0 Å². The summed E-state index contributed by atoms with van der Waals surface area (Å²) in [5.41, 5.74) is 0. The van der Waals surface area contributed by atoms with Crippen molar-refractivity contribution in [2.24, 2.45) is 10.9 Å². The lowest BCUT2D eigenvalue weighted by atomic mass is 10.0. The predicted molar refractivity (Wildman–Crippen MR) is 83.7 cm³/mol. The molecule has 0 unspecified atom stereocenters. The van der Waals surface area contributed by atoms with Gasteiger partial charge in [-0.1, -0.05) is 13.8 Å². The van der Waals surface area contributed by atoms with Crippen molar-refractivity contribution >= 4 is 5.96 Å². The molecule has 0 saturated carbocycles. The van der Waals surface area contributed by atoms with Gasteiger partial charge in [-0.2, -0.15) is 0 Å². The van der Waals surface area contributed by atoms with Crippen LogP contribution in [0.5, 0.6) is 0 Å². The summed E-state index contributed by atoms with van der Waals surface area (Å²) in [7, 11) is 1.86. The Hall–Kier alpha value is -0.770. The van der Waals surface area contributed by atoms with E-state index < -0.39 is 0 Å². The number of hydrogen-bond donors (Lipinski definition) is 2. The van der Waals surface area contributed by atoms with Crippen LogP contribution in [0.4, 0.5) is 0 Å². The molecule has 1 aliphatic heterocycles. The molecule has 0 aromatic rings. The smallest absolute Gasteiger partial charge is 0.191 e. The third-order valence-electron chi connectivity index (χ3n) is 3.84. The van der Waals surface area contributed by atoms with Crippen LogP contribution in [0.15, 0.2) is 4.99 Å². The van der Waals surface area contributed by atoms with Crippen molar-refractivity contribution in [1.29, 1.82) is 0 Å². The molecule has 0 amide bonds. The molecule has 0 aromatic carbocycles. The van der Waals surface area contributed by atoms with Crippen LogP contribution in [0.1, 0.15) is 47.0 Å². The van der Waals surface area contributed by atoms with E-state index in [2.05, 4.69) is 48.2 Å². The second-order valence-corrected chi connectivity index (χ2v) is 6.23. The molecule has 0 radical (unpaired) electrons. The van der Waals surface area contributed by atoms with Crippen LogP contribution in [0.3, 0.4) is 0 Å². The van der Waals surface area contributed by atoms with Crippen LogP contribution in [0.2, 0.25) is 0 Å². The molecule has 1 heterocycles. The van der Waals surface area contributed by atoms with E-state index in [1.54, 1.807) is 0 Å². The first-order chi connectivity index (χ1) is 9.02. The lowest BCUT2D eigenvalue weighted by molar-refractivity contribution is 0.167. The van der Waals surface area contributed by atoms with E-state index >= 15 is 0 Å². The fourth-order valence-electron chi connectivity index (χ4n) is 2.43. The maximum atomic E-state index is 4.31. The summed E-state index contributed by atoms with van der Waals surface area (Å²) in [6.45, 7) is 12.4. The van der Waals surface area contributed by atoms with Gasteiger partial charge < -0.3 is 15.5 Å². The first kappa shape index (κ1) is 16.3. The van der Waals surface area contributed by atoms with Crippen LogP contribution < -0.4 is 10.6 Å². The van der Waals surface area contributed by atoms with Crippen molar-refractivity contribution in [2.75, 3.05) is 26.7 Å². The zero-order valence-corrected chi connectivity index (χ0v) is 13.4. The fraction of sp³-hybridized carbons (Fsp3) is 0.933. The van der Waals surface area contributed by atoms with Gasteiger partial charge in [0.05, 0.1) is 0 Å². The van der Waals surface area contributed by atoms with Gasteiger partial charge in [-0.25, -0.2) is 0 Å². The molecular formula is C15H32N4. The Balaban J connectivity index is 2.26. The second kappa shape index (κ2) is 8.41. The summed E-state index contributed by atoms with van der Waals surface area (Å²) in [4.78, 5) is 6.86. The van der Waals surface area contributed by atoms with Crippen LogP contribution in [0, 0.1) is 5.92 Å². The summed E-state index contributed by atoms with van der Waals surface area (Å²) in [5.74, 6) is 1.70. The number of nitrogens with zero attached hydrogens (tertiary/aromatic N) is 2. The van der Waals surface area contributed by atoms with E-state index in [0.717, 1.165) is 18.4 Å². The summed E-state index contributed by atoms with van der Waals surface area (Å²) in [6, 6.07) is 1.24. The molecule has 19 heavy (non-hydrogen) atoms. The summed E-state index contributed by atoms with van der Waals surface area (Å²) in [5, 5.41) is 6.96. The number of rotatable bonds is 5. The second-order valence-electron chi connectivity index (χ2n) is 6.23. The van der Waals surface area contributed by atoms with Crippen LogP contribution >= 0.6 is 0 Å². The van der Waals surface area contributed by atoms with Gasteiger partial charge in [0.25, 0.3) is 0 Å². The lowest BCUT2D eigenvalue weighted by Gasteiger charge is -2.35. The lowest BCUT2D eigenvalue weighted by Crippen LogP contribution is -2.50. The van der Waals surface area contributed by atoms with Gasteiger partial charge in [0, 0.05) is 38.8 Å². The van der Waals surface area contributed by atoms with Crippen molar-refractivity contribution in [3.8, 4) is 0 Å². The summed E-state index contributed by atoms with van der Waals surface area (Å²) >= 11 is 0. The molecule has 0 aromatic heterocycles. The third kappa shape index (κ3) is 6.28. The van der Waals surface area contributed by atoms with E-state index in [4.69, 9.17) is 0 Å². The van der Waals surface area contributed by atoms with Gasteiger partial charge in [0.2, 0.25) is 0 Å². The minimum atomic E-state index is 0.570. The molecule has 1 fully saturated rings. The highest BCUT2D eigenvalue weighted by Gasteiger charge is 2.21. The quantitative estimate of drug-likeness (QED) is 0.592. The third-order valence-corrected chi connectivity index (χ3v) is 3.84. The Morgan fingerprint density at radius 1 is 1.21 bits per heavy atom. The highest BCUT2D eigenvalue weighted by molar-refractivity contribution is 5.79. The van der Waals surface area contributed by atoms with Crippen molar-refractivity contribution in [1.82, 2.24) is 15.5 Å². The van der Waals surface area contributed by atoms with Crippen LogP contribution in [0.25, 0.3) is 0 Å². The van der Waals surface area contributed by atoms with Gasteiger partial charge in [0.15, 0.2) is 5.96 Å². The van der Waals surface area contributed by atoms with Gasteiger partial charge in [-0.05, 0) is 39.0 Å². The van der Waals surface area contributed by atoms with Gasteiger partial charge in [0.1, 0.15) is 0 Å². The first-order valence-electron chi connectivity index (χ1n) is 7.74.